The molecule has 8 nitrogen and oxygen atoms in total. The van der Waals surface area contributed by atoms with Crippen LogP contribution >= 0.6 is 0 Å². The Kier molecular flexibility index (Phi) is 4.34. The lowest BCUT2D eigenvalue weighted by Gasteiger charge is -2.36. The maximum atomic E-state index is 14.0. The van der Waals surface area contributed by atoms with Crippen molar-refractivity contribution in [3.05, 3.63) is 36.2 Å². The Morgan fingerprint density at radius 2 is 2.10 bits per heavy atom. The fourth-order valence-corrected chi connectivity index (χ4v) is 4.16. The lowest BCUT2D eigenvalue weighted by molar-refractivity contribution is -0.129. The third-order valence-electron chi connectivity index (χ3n) is 5.95. The maximum absolute atomic E-state index is 14.0. The van der Waals surface area contributed by atoms with Gasteiger partial charge in [-0.05, 0) is 31.4 Å². The largest absolute Gasteiger partial charge is 0.421 e. The van der Waals surface area contributed by atoms with Gasteiger partial charge in [0, 0.05) is 37.2 Å². The van der Waals surface area contributed by atoms with Gasteiger partial charge in [0.15, 0.2) is 5.67 Å². The third-order valence-corrected chi connectivity index (χ3v) is 5.95. The molecule has 1 saturated carbocycles. The number of aromatic nitrogens is 2. The van der Waals surface area contributed by atoms with Crippen molar-refractivity contribution >= 4 is 11.8 Å². The SMILES string of the molecule is O=C1NC[C@@H](Cc2nnc(-c3ccccc3)o2)N2C[C@@H](NC(=O)C3(F)CC3)C[C@@H]12. The summed E-state index contributed by atoms with van der Waals surface area (Å²) >= 11 is 0. The van der Waals surface area contributed by atoms with E-state index in [1.165, 1.54) is 0 Å². The lowest BCUT2D eigenvalue weighted by Crippen LogP contribution is -2.58. The average Bonchev–Trinajstić information content (AvgIpc) is 3.14. The van der Waals surface area contributed by atoms with Gasteiger partial charge in [-0.25, -0.2) is 4.39 Å². The van der Waals surface area contributed by atoms with Crippen molar-refractivity contribution in [3.63, 3.8) is 0 Å². The molecule has 2 aromatic rings. The van der Waals surface area contributed by atoms with E-state index < -0.39 is 11.6 Å². The number of nitrogens with zero attached hydrogens (tertiary/aromatic N) is 3. The van der Waals surface area contributed by atoms with Gasteiger partial charge in [0.2, 0.25) is 17.7 Å². The lowest BCUT2D eigenvalue weighted by atomic mass is 10.1. The van der Waals surface area contributed by atoms with Gasteiger partial charge in [-0.15, -0.1) is 10.2 Å². The van der Waals surface area contributed by atoms with E-state index in [4.69, 9.17) is 4.42 Å². The predicted octanol–water partition coefficient (Wildman–Crippen LogP) is 0.839. The third kappa shape index (κ3) is 3.50. The van der Waals surface area contributed by atoms with Crippen LogP contribution in [0.1, 0.15) is 25.2 Å². The van der Waals surface area contributed by atoms with Crippen molar-refractivity contribution < 1.29 is 18.4 Å². The number of fused-ring (bicyclic) bond motifs is 1. The van der Waals surface area contributed by atoms with E-state index in [0.717, 1.165) is 5.56 Å². The molecule has 152 valence electrons. The molecule has 1 aliphatic carbocycles. The van der Waals surface area contributed by atoms with E-state index in [1.54, 1.807) is 0 Å². The summed E-state index contributed by atoms with van der Waals surface area (Å²) in [7, 11) is 0. The Morgan fingerprint density at radius 3 is 2.86 bits per heavy atom. The molecule has 2 amide bonds. The van der Waals surface area contributed by atoms with E-state index in [0.29, 0.717) is 37.7 Å². The number of carbonyl (C=O) groups excluding carboxylic acids is 2. The molecule has 0 bridgehead atoms. The fourth-order valence-electron chi connectivity index (χ4n) is 4.16. The summed E-state index contributed by atoms with van der Waals surface area (Å²) in [5.74, 6) is 0.344. The maximum Gasteiger partial charge on any atom is 0.257 e. The Morgan fingerprint density at radius 1 is 1.31 bits per heavy atom. The second kappa shape index (κ2) is 6.91. The van der Waals surface area contributed by atoms with E-state index in [2.05, 4.69) is 25.7 Å². The van der Waals surface area contributed by atoms with Crippen LogP contribution in [0.15, 0.2) is 34.7 Å². The van der Waals surface area contributed by atoms with Gasteiger partial charge in [0.05, 0.1) is 6.04 Å². The van der Waals surface area contributed by atoms with Gasteiger partial charge >= 0.3 is 0 Å². The molecule has 9 heteroatoms. The molecule has 2 N–H and O–H groups in total. The minimum atomic E-state index is -1.71. The quantitative estimate of drug-likeness (QED) is 0.773. The average molecular weight is 399 g/mol. The van der Waals surface area contributed by atoms with E-state index >= 15 is 0 Å². The molecule has 3 aliphatic rings. The standard InChI is InChI=1S/C20H22FN5O3/c21-20(6-7-20)19(28)23-13-8-15-17(27)22-10-14(26(15)11-13)9-16-24-25-18(29-16)12-4-2-1-3-5-12/h1-5,13-15H,6-11H2,(H,22,27)(H,23,28)/t13-,14+,15-/m0/s1. The summed E-state index contributed by atoms with van der Waals surface area (Å²) in [6.45, 7) is 0.969. The molecular weight excluding hydrogens is 377 g/mol. The first-order valence-corrected chi connectivity index (χ1v) is 9.93. The van der Waals surface area contributed by atoms with Crippen molar-refractivity contribution in [2.75, 3.05) is 13.1 Å². The molecule has 29 heavy (non-hydrogen) atoms. The van der Waals surface area contributed by atoms with Crippen molar-refractivity contribution in [2.45, 2.75) is 49.5 Å². The Balaban J connectivity index is 1.27. The monoisotopic (exact) mass is 399 g/mol. The Hall–Kier alpha value is -2.81. The second-order valence-electron chi connectivity index (χ2n) is 8.05. The smallest absolute Gasteiger partial charge is 0.257 e. The molecule has 1 aromatic carbocycles. The van der Waals surface area contributed by atoms with Crippen LogP contribution in [-0.2, 0) is 16.0 Å². The van der Waals surface area contributed by atoms with Gasteiger partial charge < -0.3 is 15.1 Å². The normalized spacial score (nSPS) is 27.9. The Bertz CT molecular complexity index is 929. The summed E-state index contributed by atoms with van der Waals surface area (Å²) < 4.78 is 19.8. The molecule has 3 heterocycles. The summed E-state index contributed by atoms with van der Waals surface area (Å²) in [5, 5.41) is 14.0. The van der Waals surface area contributed by atoms with Crippen LogP contribution < -0.4 is 10.6 Å². The Labute approximate surface area is 166 Å². The molecule has 2 saturated heterocycles. The summed E-state index contributed by atoms with van der Waals surface area (Å²) in [4.78, 5) is 26.4. The summed E-state index contributed by atoms with van der Waals surface area (Å²) in [5.41, 5.74) is -0.854. The minimum absolute atomic E-state index is 0.0241. The van der Waals surface area contributed by atoms with Crippen molar-refractivity contribution in [3.8, 4) is 11.5 Å². The first-order valence-electron chi connectivity index (χ1n) is 9.93. The molecule has 1 aromatic heterocycles. The summed E-state index contributed by atoms with van der Waals surface area (Å²) in [6, 6.07) is 8.93. The number of benzene rings is 1. The summed E-state index contributed by atoms with van der Waals surface area (Å²) in [6.07, 6.45) is 1.53. The second-order valence-corrected chi connectivity index (χ2v) is 8.05. The zero-order valence-corrected chi connectivity index (χ0v) is 15.8. The number of amides is 2. The molecule has 2 aliphatic heterocycles. The zero-order valence-electron chi connectivity index (χ0n) is 15.8. The molecule has 3 atom stereocenters. The van der Waals surface area contributed by atoms with E-state index in [1.807, 2.05) is 30.3 Å². The van der Waals surface area contributed by atoms with Crippen LogP contribution in [0.5, 0.6) is 0 Å². The first-order chi connectivity index (χ1) is 14.0. The highest BCUT2D eigenvalue weighted by Crippen LogP contribution is 2.40. The number of piperazine rings is 1. The van der Waals surface area contributed by atoms with Crippen molar-refractivity contribution in [1.82, 2.24) is 25.7 Å². The number of carbonyl (C=O) groups is 2. The van der Waals surface area contributed by atoms with Gasteiger partial charge in [0.25, 0.3) is 5.91 Å². The fraction of sp³-hybridized carbons (Fsp3) is 0.500. The van der Waals surface area contributed by atoms with Crippen LogP contribution in [0.25, 0.3) is 11.5 Å². The highest BCUT2D eigenvalue weighted by atomic mass is 19.1. The highest BCUT2D eigenvalue weighted by molar-refractivity contribution is 5.88. The molecule has 0 unspecified atom stereocenters. The molecule has 0 spiro atoms. The van der Waals surface area contributed by atoms with Gasteiger partial charge in [0.1, 0.15) is 0 Å². The number of hydrogen-bond acceptors (Lipinski definition) is 6. The molecule has 3 fully saturated rings. The topological polar surface area (TPSA) is 100 Å². The predicted molar refractivity (Wildman–Crippen MR) is 100 cm³/mol. The van der Waals surface area contributed by atoms with Crippen LogP contribution in [-0.4, -0.2) is 63.8 Å². The number of nitrogens with one attached hydrogen (secondary N) is 2. The number of hydrogen-bond donors (Lipinski definition) is 2. The van der Waals surface area contributed by atoms with Gasteiger partial charge in [-0.3, -0.25) is 14.5 Å². The number of alkyl halides is 1. The molecule has 0 radical (unpaired) electrons. The first kappa shape index (κ1) is 18.2. The minimum Gasteiger partial charge on any atom is -0.421 e. The van der Waals surface area contributed by atoms with Gasteiger partial charge in [-0.1, -0.05) is 18.2 Å². The number of rotatable bonds is 5. The molecular formula is C20H22FN5O3. The highest BCUT2D eigenvalue weighted by Gasteiger charge is 2.52. The van der Waals surface area contributed by atoms with Crippen LogP contribution in [0, 0.1) is 0 Å². The van der Waals surface area contributed by atoms with Crippen LogP contribution in [0.3, 0.4) is 0 Å². The van der Waals surface area contributed by atoms with Crippen molar-refractivity contribution in [2.24, 2.45) is 0 Å². The zero-order chi connectivity index (χ0) is 20.0. The van der Waals surface area contributed by atoms with Crippen molar-refractivity contribution in [1.29, 1.82) is 0 Å². The molecule has 5 rings (SSSR count). The number of halogens is 1. The van der Waals surface area contributed by atoms with E-state index in [9.17, 15) is 14.0 Å². The van der Waals surface area contributed by atoms with Gasteiger partial charge in [-0.2, -0.15) is 0 Å². The van der Waals surface area contributed by atoms with Crippen LogP contribution in [0.4, 0.5) is 4.39 Å². The van der Waals surface area contributed by atoms with E-state index in [-0.39, 0.29) is 36.9 Å². The van der Waals surface area contributed by atoms with Crippen LogP contribution in [0.2, 0.25) is 0 Å².